The molecule has 1 unspecified atom stereocenters. The average Bonchev–Trinajstić information content (AvgIpc) is 2.47. The molecule has 102 valence electrons. The Labute approximate surface area is 119 Å². The predicted molar refractivity (Wildman–Crippen MR) is 80.4 cm³/mol. The molecule has 2 heteroatoms. The fourth-order valence-corrected chi connectivity index (χ4v) is 2.65. The molecular weight excluding hydrogens is 248 g/mol. The van der Waals surface area contributed by atoms with E-state index in [1.54, 1.807) is 7.11 Å². The lowest BCUT2D eigenvalue weighted by Gasteiger charge is -2.24. The minimum absolute atomic E-state index is 0.216. The highest BCUT2D eigenvalue weighted by Gasteiger charge is 2.22. The Morgan fingerprint density at radius 2 is 1.90 bits per heavy atom. The molecule has 0 aromatic heterocycles. The van der Waals surface area contributed by atoms with E-state index in [0.717, 1.165) is 17.3 Å². The van der Waals surface area contributed by atoms with Crippen LogP contribution in [0, 0.1) is 6.92 Å². The van der Waals surface area contributed by atoms with Crippen LogP contribution >= 0.6 is 0 Å². The molecular formula is C18H18O2. The quantitative estimate of drug-likeness (QED) is 0.800. The van der Waals surface area contributed by atoms with Crippen molar-refractivity contribution >= 4 is 0 Å². The first-order chi connectivity index (χ1) is 9.67. The van der Waals surface area contributed by atoms with E-state index < -0.39 is 0 Å². The van der Waals surface area contributed by atoms with Crippen LogP contribution in [0.25, 0.3) is 0 Å². The minimum Gasteiger partial charge on any atom is -0.497 e. The smallest absolute Gasteiger partial charge is 0.131 e. The zero-order valence-electron chi connectivity index (χ0n) is 12.0. The molecule has 0 bridgehead atoms. The molecule has 0 spiro atoms. The van der Waals surface area contributed by atoms with Crippen molar-refractivity contribution < 1.29 is 9.47 Å². The van der Waals surface area contributed by atoms with Gasteiger partial charge in [0.2, 0.25) is 0 Å². The van der Waals surface area contributed by atoms with Gasteiger partial charge < -0.3 is 9.47 Å². The fraction of sp³-hybridized carbons (Fsp3) is 0.222. The molecule has 0 aliphatic carbocycles. The third-order valence-corrected chi connectivity index (χ3v) is 3.63. The predicted octanol–water partition coefficient (Wildman–Crippen LogP) is 4.43. The van der Waals surface area contributed by atoms with Crippen LogP contribution in [0.3, 0.4) is 0 Å². The highest BCUT2D eigenvalue weighted by Crippen LogP contribution is 2.39. The fourth-order valence-electron chi connectivity index (χ4n) is 2.65. The number of ether oxygens (including phenoxy) is 2. The lowest BCUT2D eigenvalue weighted by atomic mass is 9.88. The van der Waals surface area contributed by atoms with Gasteiger partial charge in [-0.25, -0.2) is 0 Å². The summed E-state index contributed by atoms with van der Waals surface area (Å²) in [5.41, 5.74) is 3.68. The first-order valence-corrected chi connectivity index (χ1v) is 6.78. The topological polar surface area (TPSA) is 18.5 Å². The summed E-state index contributed by atoms with van der Waals surface area (Å²) in [5, 5.41) is 0. The molecule has 0 amide bonds. The number of rotatable bonds is 2. The Morgan fingerprint density at radius 1 is 1.05 bits per heavy atom. The van der Waals surface area contributed by atoms with E-state index in [4.69, 9.17) is 9.47 Å². The summed E-state index contributed by atoms with van der Waals surface area (Å²) in [6.07, 6.45) is 2.16. The highest BCUT2D eigenvalue weighted by atomic mass is 16.5. The van der Waals surface area contributed by atoms with Crippen LogP contribution in [-0.2, 0) is 0 Å². The minimum atomic E-state index is 0.216. The van der Waals surface area contributed by atoms with Crippen molar-refractivity contribution in [2.24, 2.45) is 0 Å². The summed E-state index contributed by atoms with van der Waals surface area (Å²) >= 11 is 0. The van der Waals surface area contributed by atoms with Crippen molar-refractivity contribution in [2.75, 3.05) is 7.11 Å². The molecule has 3 rings (SSSR count). The van der Waals surface area contributed by atoms with Crippen LogP contribution in [0.4, 0.5) is 0 Å². The standard InChI is InChI=1S/C18H18O2/c1-12-7-8-18-17(9-12)16(10-13(2)20-18)14-5-4-6-15(11-14)19-3/h4-11,16H,1-3H3. The summed E-state index contributed by atoms with van der Waals surface area (Å²) < 4.78 is 11.2. The third kappa shape index (κ3) is 2.29. The van der Waals surface area contributed by atoms with Gasteiger partial charge in [-0.05, 0) is 43.7 Å². The number of hydrogen-bond acceptors (Lipinski definition) is 2. The molecule has 0 saturated carbocycles. The van der Waals surface area contributed by atoms with Gasteiger partial charge >= 0.3 is 0 Å². The van der Waals surface area contributed by atoms with Crippen LogP contribution in [0.2, 0.25) is 0 Å². The van der Waals surface area contributed by atoms with Crippen molar-refractivity contribution in [3.8, 4) is 11.5 Å². The van der Waals surface area contributed by atoms with Crippen LogP contribution in [0.5, 0.6) is 11.5 Å². The van der Waals surface area contributed by atoms with E-state index >= 15 is 0 Å². The zero-order valence-corrected chi connectivity index (χ0v) is 12.0. The van der Waals surface area contributed by atoms with Gasteiger partial charge in [-0.15, -0.1) is 0 Å². The Bertz CT molecular complexity index is 671. The van der Waals surface area contributed by atoms with E-state index in [0.29, 0.717) is 0 Å². The van der Waals surface area contributed by atoms with E-state index in [-0.39, 0.29) is 5.92 Å². The summed E-state index contributed by atoms with van der Waals surface area (Å²) in [6, 6.07) is 14.6. The summed E-state index contributed by atoms with van der Waals surface area (Å²) in [6.45, 7) is 4.10. The number of benzene rings is 2. The number of allylic oxidation sites excluding steroid dienone is 2. The van der Waals surface area contributed by atoms with Crippen molar-refractivity contribution in [2.45, 2.75) is 19.8 Å². The average molecular weight is 266 g/mol. The van der Waals surface area contributed by atoms with Gasteiger partial charge in [0.25, 0.3) is 0 Å². The highest BCUT2D eigenvalue weighted by molar-refractivity contribution is 5.50. The summed E-state index contributed by atoms with van der Waals surface area (Å²) in [4.78, 5) is 0. The number of fused-ring (bicyclic) bond motifs is 1. The maximum absolute atomic E-state index is 5.82. The lowest BCUT2D eigenvalue weighted by Crippen LogP contribution is -2.09. The monoisotopic (exact) mass is 266 g/mol. The van der Waals surface area contributed by atoms with Crippen molar-refractivity contribution in [3.05, 3.63) is 71.0 Å². The second-order valence-electron chi connectivity index (χ2n) is 5.17. The van der Waals surface area contributed by atoms with Gasteiger partial charge in [0, 0.05) is 11.5 Å². The molecule has 1 aliphatic rings. The van der Waals surface area contributed by atoms with Crippen molar-refractivity contribution in [1.29, 1.82) is 0 Å². The Kier molecular flexibility index (Phi) is 3.23. The largest absolute Gasteiger partial charge is 0.497 e. The van der Waals surface area contributed by atoms with Gasteiger partial charge in [-0.2, -0.15) is 0 Å². The Hall–Kier alpha value is -2.22. The Balaban J connectivity index is 2.12. The molecule has 1 atom stereocenters. The van der Waals surface area contributed by atoms with Crippen LogP contribution in [0.15, 0.2) is 54.3 Å². The van der Waals surface area contributed by atoms with E-state index in [1.807, 2.05) is 25.1 Å². The molecule has 20 heavy (non-hydrogen) atoms. The normalized spacial score (nSPS) is 16.9. The first kappa shape index (κ1) is 12.8. The van der Waals surface area contributed by atoms with Crippen LogP contribution in [0.1, 0.15) is 29.5 Å². The number of methoxy groups -OCH3 is 1. The van der Waals surface area contributed by atoms with Crippen LogP contribution in [-0.4, -0.2) is 7.11 Å². The molecule has 0 saturated heterocycles. The van der Waals surface area contributed by atoms with E-state index in [9.17, 15) is 0 Å². The molecule has 2 nitrogen and oxygen atoms in total. The van der Waals surface area contributed by atoms with Crippen LogP contribution < -0.4 is 9.47 Å². The Morgan fingerprint density at radius 3 is 2.70 bits per heavy atom. The second-order valence-corrected chi connectivity index (χ2v) is 5.17. The third-order valence-electron chi connectivity index (χ3n) is 3.63. The van der Waals surface area contributed by atoms with Gasteiger partial charge in [0.15, 0.2) is 0 Å². The number of aryl methyl sites for hydroxylation is 1. The summed E-state index contributed by atoms with van der Waals surface area (Å²) in [5.74, 6) is 2.99. The number of hydrogen-bond donors (Lipinski definition) is 0. The van der Waals surface area contributed by atoms with E-state index in [1.165, 1.54) is 16.7 Å². The molecule has 0 N–H and O–H groups in total. The van der Waals surface area contributed by atoms with Gasteiger partial charge in [-0.1, -0.05) is 29.8 Å². The van der Waals surface area contributed by atoms with Gasteiger partial charge in [0.05, 0.1) is 12.9 Å². The maximum atomic E-state index is 5.82. The van der Waals surface area contributed by atoms with Crippen molar-refractivity contribution in [3.63, 3.8) is 0 Å². The van der Waals surface area contributed by atoms with E-state index in [2.05, 4.69) is 37.3 Å². The van der Waals surface area contributed by atoms with Crippen molar-refractivity contribution in [1.82, 2.24) is 0 Å². The zero-order chi connectivity index (χ0) is 14.1. The SMILES string of the molecule is COc1cccc(C2C=C(C)Oc3ccc(C)cc32)c1. The summed E-state index contributed by atoms with van der Waals surface area (Å²) in [7, 11) is 1.70. The molecule has 0 fully saturated rings. The second kappa shape index (κ2) is 5.04. The van der Waals surface area contributed by atoms with Gasteiger partial charge in [0.1, 0.15) is 11.5 Å². The molecule has 1 heterocycles. The lowest BCUT2D eigenvalue weighted by molar-refractivity contribution is 0.405. The molecule has 0 radical (unpaired) electrons. The first-order valence-electron chi connectivity index (χ1n) is 6.78. The molecule has 2 aromatic rings. The molecule has 1 aliphatic heterocycles. The van der Waals surface area contributed by atoms with Gasteiger partial charge in [-0.3, -0.25) is 0 Å². The maximum Gasteiger partial charge on any atom is 0.131 e. The molecule has 2 aromatic carbocycles.